The number of ether oxygens (including phenoxy) is 2. The van der Waals surface area contributed by atoms with Crippen molar-refractivity contribution in [2.24, 2.45) is 5.41 Å². The van der Waals surface area contributed by atoms with Gasteiger partial charge in [0.15, 0.2) is 0 Å². The van der Waals surface area contributed by atoms with E-state index >= 15 is 0 Å². The molecular formula is C38H42N2O6. The van der Waals surface area contributed by atoms with Crippen molar-refractivity contribution in [3.8, 4) is 11.5 Å². The second-order valence-electron chi connectivity index (χ2n) is 11.7. The fourth-order valence-corrected chi connectivity index (χ4v) is 5.73. The summed E-state index contributed by atoms with van der Waals surface area (Å²) in [6.07, 6.45) is 1.28. The molecule has 8 heteroatoms. The van der Waals surface area contributed by atoms with Crippen molar-refractivity contribution in [3.63, 3.8) is 0 Å². The molecule has 0 aromatic heterocycles. The smallest absolute Gasteiger partial charge is 0.236 e. The van der Waals surface area contributed by atoms with E-state index in [0.29, 0.717) is 35.8 Å². The molecule has 0 spiro atoms. The SMILES string of the molecule is CCC1(CC)C(=O)N[C@@H](CO)c2ccc(cc2)OCc2ccc(cc2)Cc2ccc(cc2)COc2ccc(cc2)[C@H](CO)NC1=O. The van der Waals surface area contributed by atoms with Crippen LogP contribution in [0, 0.1) is 5.41 Å². The molecule has 8 nitrogen and oxygen atoms in total. The van der Waals surface area contributed by atoms with Crippen molar-refractivity contribution in [2.45, 2.75) is 58.4 Å². The molecule has 2 amide bonds. The van der Waals surface area contributed by atoms with Crippen molar-refractivity contribution in [1.82, 2.24) is 10.6 Å². The van der Waals surface area contributed by atoms with Gasteiger partial charge >= 0.3 is 0 Å². The van der Waals surface area contributed by atoms with E-state index in [1.807, 2.05) is 0 Å². The Morgan fingerprint density at radius 2 is 0.935 bits per heavy atom. The Balaban J connectivity index is 1.42. The third kappa shape index (κ3) is 7.58. The second kappa shape index (κ2) is 15.1. The van der Waals surface area contributed by atoms with Gasteiger partial charge < -0.3 is 30.3 Å². The van der Waals surface area contributed by atoms with E-state index < -0.39 is 29.3 Å². The first kappa shape index (κ1) is 32.7. The summed E-state index contributed by atoms with van der Waals surface area (Å²) >= 11 is 0. The van der Waals surface area contributed by atoms with Gasteiger partial charge in [0.1, 0.15) is 30.1 Å². The van der Waals surface area contributed by atoms with Gasteiger partial charge in [-0.15, -0.1) is 0 Å². The lowest BCUT2D eigenvalue weighted by atomic mass is 9.79. The number of hydrogen-bond donors (Lipinski definition) is 4. The van der Waals surface area contributed by atoms with Crippen molar-refractivity contribution in [3.05, 3.63) is 130 Å². The number of carbonyl (C=O) groups excluding carboxylic acids is 2. The average molecular weight is 623 g/mol. The molecule has 4 aromatic carbocycles. The molecular weight excluding hydrogens is 580 g/mol. The van der Waals surface area contributed by atoms with Gasteiger partial charge in [0.2, 0.25) is 11.8 Å². The molecule has 9 rings (SSSR count). The standard InChI is InChI=1S/C38H42N2O6/c1-3-38(4-2)36(43)39-34(22-41)30-13-17-32(18-14-30)45-24-28-9-5-26(6-10-28)21-27-7-11-29(12-8-27)25-46-33-19-15-31(16-20-33)35(23-42)40-37(38)44/h5-20,34-35,41-42H,3-4,21-25H2,1-2H3,(H,39,43)(H,40,44)/t34-,35-/m0/s1. The molecule has 0 radical (unpaired) electrons. The molecule has 2 atom stereocenters. The van der Waals surface area contributed by atoms with Crippen molar-refractivity contribution >= 4 is 11.8 Å². The Bertz CT molecular complexity index is 1460. The predicted molar refractivity (Wildman–Crippen MR) is 176 cm³/mol. The third-order valence-electron chi connectivity index (χ3n) is 8.88. The van der Waals surface area contributed by atoms with Gasteiger partial charge in [-0.3, -0.25) is 9.59 Å². The zero-order valence-corrected chi connectivity index (χ0v) is 26.4. The quantitative estimate of drug-likeness (QED) is 0.222. The lowest BCUT2D eigenvalue weighted by Crippen LogP contribution is -2.53. The van der Waals surface area contributed by atoms with Crippen LogP contribution in [0.15, 0.2) is 97.1 Å². The van der Waals surface area contributed by atoms with Crippen LogP contribution in [0.2, 0.25) is 0 Å². The summed E-state index contributed by atoms with van der Waals surface area (Å²) in [7, 11) is 0. The molecule has 0 saturated carbocycles. The maximum absolute atomic E-state index is 13.7. The molecule has 4 aromatic rings. The van der Waals surface area contributed by atoms with Crippen LogP contribution in [0.3, 0.4) is 0 Å². The van der Waals surface area contributed by atoms with Gasteiger partial charge in [0.25, 0.3) is 0 Å². The number of amides is 2. The van der Waals surface area contributed by atoms with Crippen LogP contribution in [0.1, 0.15) is 72.2 Å². The first-order valence-corrected chi connectivity index (χ1v) is 15.8. The van der Waals surface area contributed by atoms with Gasteiger partial charge in [-0.2, -0.15) is 0 Å². The third-order valence-corrected chi connectivity index (χ3v) is 8.88. The largest absolute Gasteiger partial charge is 0.489 e. The summed E-state index contributed by atoms with van der Waals surface area (Å²) < 4.78 is 12.0. The molecule has 8 bridgehead atoms. The number of aliphatic hydroxyl groups excluding tert-OH is 2. The van der Waals surface area contributed by atoms with Gasteiger partial charge in [0, 0.05) is 0 Å². The zero-order valence-electron chi connectivity index (χ0n) is 26.4. The number of aliphatic hydroxyl groups is 2. The summed E-state index contributed by atoms with van der Waals surface area (Å²) in [5.41, 5.74) is 4.46. The van der Waals surface area contributed by atoms with E-state index in [1.165, 1.54) is 11.1 Å². The van der Waals surface area contributed by atoms with Gasteiger partial charge in [-0.25, -0.2) is 0 Å². The summed E-state index contributed by atoms with van der Waals surface area (Å²) in [6, 6.07) is 29.7. The molecule has 0 fully saturated rings. The fraction of sp³-hybridized carbons (Fsp3) is 0.316. The van der Waals surface area contributed by atoms with E-state index in [9.17, 15) is 19.8 Å². The maximum atomic E-state index is 13.7. The number of fused-ring (bicyclic) bond motifs is 4. The number of hydrogen-bond acceptors (Lipinski definition) is 6. The molecule has 0 aliphatic carbocycles. The predicted octanol–water partition coefficient (Wildman–Crippen LogP) is 5.55. The highest BCUT2D eigenvalue weighted by Gasteiger charge is 2.44. The van der Waals surface area contributed by atoms with Crippen LogP contribution in [0.25, 0.3) is 0 Å². The normalized spacial score (nSPS) is 18.6. The molecule has 0 unspecified atom stereocenters. The molecule has 240 valence electrons. The second-order valence-corrected chi connectivity index (χ2v) is 11.7. The number of rotatable bonds is 4. The Morgan fingerprint density at radius 3 is 1.26 bits per heavy atom. The van der Waals surface area contributed by atoms with Crippen LogP contribution < -0.4 is 20.1 Å². The van der Waals surface area contributed by atoms with Crippen LogP contribution in [0.5, 0.6) is 11.5 Å². The highest BCUT2D eigenvalue weighted by atomic mass is 16.5. The summed E-state index contributed by atoms with van der Waals surface area (Å²) in [6.45, 7) is 3.68. The van der Waals surface area contributed by atoms with E-state index in [4.69, 9.17) is 9.47 Å². The molecule has 4 N–H and O–H groups in total. The highest BCUT2D eigenvalue weighted by Crippen LogP contribution is 2.31. The summed E-state index contributed by atoms with van der Waals surface area (Å²) in [4.78, 5) is 27.4. The van der Waals surface area contributed by atoms with Crippen LogP contribution in [-0.2, 0) is 29.2 Å². The molecule has 0 saturated heterocycles. The molecule has 46 heavy (non-hydrogen) atoms. The fourth-order valence-electron chi connectivity index (χ4n) is 5.73. The minimum Gasteiger partial charge on any atom is -0.489 e. The maximum Gasteiger partial charge on any atom is 0.236 e. The molecule has 5 heterocycles. The first-order valence-electron chi connectivity index (χ1n) is 15.8. The molecule has 5 aliphatic rings. The monoisotopic (exact) mass is 622 g/mol. The summed E-state index contributed by atoms with van der Waals surface area (Å²) in [5, 5.41) is 26.2. The van der Waals surface area contributed by atoms with Gasteiger partial charge in [-0.1, -0.05) is 86.6 Å². The summed E-state index contributed by atoms with van der Waals surface area (Å²) in [5.74, 6) is 0.345. The lowest BCUT2D eigenvalue weighted by molar-refractivity contribution is -0.145. The van der Waals surface area contributed by atoms with Crippen LogP contribution in [0.4, 0.5) is 0 Å². The number of benzene rings is 4. The Morgan fingerprint density at radius 1 is 0.587 bits per heavy atom. The average Bonchev–Trinajstić information content (AvgIpc) is 3.10. The highest BCUT2D eigenvalue weighted by molar-refractivity contribution is 6.05. The van der Waals surface area contributed by atoms with E-state index in [1.54, 1.807) is 62.4 Å². The first-order chi connectivity index (χ1) is 22.4. The zero-order chi connectivity index (χ0) is 32.5. The van der Waals surface area contributed by atoms with Crippen molar-refractivity contribution in [1.29, 1.82) is 0 Å². The number of nitrogens with one attached hydrogen (secondary N) is 2. The van der Waals surface area contributed by atoms with Gasteiger partial charge in [-0.05, 0) is 76.9 Å². The van der Waals surface area contributed by atoms with Crippen LogP contribution >= 0.6 is 0 Å². The molecule has 5 aliphatic heterocycles. The minimum atomic E-state index is -1.40. The Labute approximate surface area is 270 Å². The van der Waals surface area contributed by atoms with Crippen molar-refractivity contribution < 1.29 is 29.3 Å². The minimum absolute atomic E-state index is 0.235. The van der Waals surface area contributed by atoms with E-state index in [0.717, 1.165) is 17.5 Å². The Kier molecular flexibility index (Phi) is 10.7. The van der Waals surface area contributed by atoms with Crippen LogP contribution in [-0.4, -0.2) is 35.2 Å². The lowest BCUT2D eigenvalue weighted by Gasteiger charge is -2.32. The van der Waals surface area contributed by atoms with E-state index in [2.05, 4.69) is 59.2 Å². The van der Waals surface area contributed by atoms with E-state index in [-0.39, 0.29) is 26.1 Å². The Hall–Kier alpha value is -4.66. The topological polar surface area (TPSA) is 117 Å². The van der Waals surface area contributed by atoms with Crippen molar-refractivity contribution in [2.75, 3.05) is 13.2 Å². The number of carbonyl (C=O) groups is 2. The van der Waals surface area contributed by atoms with Gasteiger partial charge in [0.05, 0.1) is 25.3 Å².